The summed E-state index contributed by atoms with van der Waals surface area (Å²) in [6.07, 6.45) is 4.57. The number of nitrogens with zero attached hydrogens (tertiary/aromatic N) is 2. The molecule has 4 rings (SSSR count). The zero-order valence-electron chi connectivity index (χ0n) is 20.3. The third-order valence-corrected chi connectivity index (χ3v) is 7.56. The van der Waals surface area contributed by atoms with Crippen LogP contribution in [-0.2, 0) is 4.79 Å². The first kappa shape index (κ1) is 23.8. The fourth-order valence-corrected chi connectivity index (χ4v) is 5.38. The maximum Gasteiger partial charge on any atom is 0.219 e. The molecule has 1 saturated heterocycles. The highest BCUT2D eigenvalue weighted by Gasteiger charge is 2.39. The van der Waals surface area contributed by atoms with Crippen LogP contribution in [0.2, 0.25) is 0 Å². The third-order valence-electron chi connectivity index (χ3n) is 7.56. The molecule has 0 radical (unpaired) electrons. The van der Waals surface area contributed by atoms with Gasteiger partial charge in [-0.05, 0) is 74.3 Å². The van der Waals surface area contributed by atoms with Crippen molar-refractivity contribution >= 4 is 5.91 Å². The van der Waals surface area contributed by atoms with Gasteiger partial charge >= 0.3 is 0 Å². The summed E-state index contributed by atoms with van der Waals surface area (Å²) in [7, 11) is 0. The van der Waals surface area contributed by atoms with Crippen molar-refractivity contribution < 1.29 is 14.6 Å². The summed E-state index contributed by atoms with van der Waals surface area (Å²) in [4.78, 5) is 16.4. The van der Waals surface area contributed by atoms with Crippen LogP contribution in [0.4, 0.5) is 0 Å². The van der Waals surface area contributed by atoms with Crippen molar-refractivity contribution in [2.45, 2.75) is 64.0 Å². The monoisotopic (exact) mass is 450 g/mol. The number of ether oxygens (including phenoxy) is 1. The van der Waals surface area contributed by atoms with Crippen LogP contribution >= 0.6 is 0 Å². The van der Waals surface area contributed by atoms with Gasteiger partial charge in [0.1, 0.15) is 18.0 Å². The zero-order chi connectivity index (χ0) is 23.4. The van der Waals surface area contributed by atoms with Crippen LogP contribution < -0.4 is 4.74 Å². The van der Waals surface area contributed by atoms with Gasteiger partial charge < -0.3 is 14.7 Å². The van der Waals surface area contributed by atoms with E-state index >= 15 is 0 Å². The molecule has 2 aromatic rings. The summed E-state index contributed by atoms with van der Waals surface area (Å²) >= 11 is 0. The SMILES string of the molecule is CC(=O)N1CCN(C2CCC(c3ccccc3)CC2)C[C@](O)(COc2ccc(C)c(C)c2)C1. The molecule has 178 valence electrons. The summed E-state index contributed by atoms with van der Waals surface area (Å²) in [5, 5.41) is 11.6. The van der Waals surface area contributed by atoms with E-state index < -0.39 is 5.60 Å². The minimum atomic E-state index is -1.10. The van der Waals surface area contributed by atoms with E-state index in [2.05, 4.69) is 49.1 Å². The number of carbonyl (C=O) groups excluding carboxylic acids is 1. The molecular weight excluding hydrogens is 412 g/mol. The zero-order valence-corrected chi connectivity index (χ0v) is 20.3. The normalized spacial score (nSPS) is 26.6. The number of hydrogen-bond acceptors (Lipinski definition) is 4. The quantitative estimate of drug-likeness (QED) is 0.738. The van der Waals surface area contributed by atoms with E-state index in [0.29, 0.717) is 31.6 Å². The van der Waals surface area contributed by atoms with E-state index in [1.807, 2.05) is 18.2 Å². The molecule has 0 spiro atoms. The lowest BCUT2D eigenvalue weighted by atomic mass is 9.81. The van der Waals surface area contributed by atoms with Crippen molar-refractivity contribution in [2.75, 3.05) is 32.8 Å². The molecule has 1 aliphatic heterocycles. The number of carbonyl (C=O) groups is 1. The van der Waals surface area contributed by atoms with Crippen molar-refractivity contribution in [2.24, 2.45) is 0 Å². The number of aryl methyl sites for hydroxylation is 2. The van der Waals surface area contributed by atoms with Crippen LogP contribution in [0.5, 0.6) is 5.75 Å². The Morgan fingerprint density at radius 1 is 1.00 bits per heavy atom. The van der Waals surface area contributed by atoms with Crippen LogP contribution in [-0.4, -0.2) is 65.2 Å². The lowest BCUT2D eigenvalue weighted by Gasteiger charge is -2.39. The average molecular weight is 451 g/mol. The first-order valence-corrected chi connectivity index (χ1v) is 12.3. The molecule has 1 atom stereocenters. The van der Waals surface area contributed by atoms with Crippen LogP contribution in [0.15, 0.2) is 48.5 Å². The molecule has 5 nitrogen and oxygen atoms in total. The predicted molar refractivity (Wildman–Crippen MR) is 132 cm³/mol. The molecule has 5 heteroatoms. The fraction of sp³-hybridized carbons (Fsp3) is 0.536. The van der Waals surface area contributed by atoms with Gasteiger partial charge in [0.05, 0.1) is 6.54 Å². The van der Waals surface area contributed by atoms with Gasteiger partial charge in [0.2, 0.25) is 5.91 Å². The largest absolute Gasteiger partial charge is 0.490 e. The minimum absolute atomic E-state index is 0.00856. The Morgan fingerprint density at radius 3 is 2.39 bits per heavy atom. The predicted octanol–water partition coefficient (Wildman–Crippen LogP) is 4.30. The van der Waals surface area contributed by atoms with Crippen molar-refractivity contribution in [1.82, 2.24) is 9.80 Å². The van der Waals surface area contributed by atoms with Gasteiger partial charge in [-0.1, -0.05) is 36.4 Å². The van der Waals surface area contributed by atoms with Crippen molar-refractivity contribution in [1.29, 1.82) is 0 Å². The first-order valence-electron chi connectivity index (χ1n) is 12.3. The Labute approximate surface area is 198 Å². The van der Waals surface area contributed by atoms with Gasteiger partial charge in [-0.3, -0.25) is 9.69 Å². The lowest BCUT2D eigenvalue weighted by molar-refractivity contribution is -0.132. The molecule has 0 bridgehead atoms. The number of hydrogen-bond donors (Lipinski definition) is 1. The van der Waals surface area contributed by atoms with Gasteiger partial charge in [-0.15, -0.1) is 0 Å². The highest BCUT2D eigenvalue weighted by Crippen LogP contribution is 2.35. The second-order valence-electron chi connectivity index (χ2n) is 10.1. The van der Waals surface area contributed by atoms with Crippen molar-refractivity contribution in [3.05, 3.63) is 65.2 Å². The minimum Gasteiger partial charge on any atom is -0.490 e. The molecule has 1 aliphatic carbocycles. The smallest absolute Gasteiger partial charge is 0.219 e. The van der Waals surface area contributed by atoms with E-state index in [-0.39, 0.29) is 12.5 Å². The molecular formula is C28H38N2O3. The van der Waals surface area contributed by atoms with E-state index in [1.165, 1.54) is 29.5 Å². The summed E-state index contributed by atoms with van der Waals surface area (Å²) in [6.45, 7) is 8.19. The molecule has 2 fully saturated rings. The molecule has 0 unspecified atom stereocenters. The van der Waals surface area contributed by atoms with Crippen molar-refractivity contribution in [3.8, 4) is 5.75 Å². The fourth-order valence-electron chi connectivity index (χ4n) is 5.38. The molecule has 1 heterocycles. The Bertz CT molecular complexity index is 939. The highest BCUT2D eigenvalue weighted by atomic mass is 16.5. The number of amides is 1. The van der Waals surface area contributed by atoms with E-state index in [9.17, 15) is 9.90 Å². The van der Waals surface area contributed by atoms with Crippen LogP contribution in [0.25, 0.3) is 0 Å². The van der Waals surface area contributed by atoms with E-state index in [4.69, 9.17) is 4.74 Å². The van der Waals surface area contributed by atoms with Crippen molar-refractivity contribution in [3.63, 3.8) is 0 Å². The van der Waals surface area contributed by atoms with Gasteiger partial charge in [-0.2, -0.15) is 0 Å². The van der Waals surface area contributed by atoms with Gasteiger partial charge in [0.25, 0.3) is 0 Å². The molecule has 33 heavy (non-hydrogen) atoms. The topological polar surface area (TPSA) is 53.0 Å². The highest BCUT2D eigenvalue weighted by molar-refractivity contribution is 5.73. The number of β-amino-alcohol motifs (C(OH)–C–C–N with tert-alkyl or cyclic N) is 1. The Kier molecular flexibility index (Phi) is 7.40. The lowest BCUT2D eigenvalue weighted by Crippen LogP contribution is -2.53. The first-order chi connectivity index (χ1) is 15.8. The molecule has 1 N–H and O–H groups in total. The van der Waals surface area contributed by atoms with Gasteiger partial charge in [-0.25, -0.2) is 0 Å². The van der Waals surface area contributed by atoms with Crippen LogP contribution in [0.1, 0.15) is 55.2 Å². The molecule has 0 aromatic heterocycles. The second kappa shape index (κ2) is 10.3. The van der Waals surface area contributed by atoms with Crippen LogP contribution in [0, 0.1) is 13.8 Å². The Balaban J connectivity index is 1.43. The number of aliphatic hydroxyl groups is 1. The summed E-state index contributed by atoms with van der Waals surface area (Å²) in [5.41, 5.74) is 2.72. The molecule has 1 saturated carbocycles. The molecule has 2 aliphatic rings. The number of rotatable bonds is 5. The van der Waals surface area contributed by atoms with E-state index in [0.717, 1.165) is 25.1 Å². The maximum absolute atomic E-state index is 12.2. The average Bonchev–Trinajstić information content (AvgIpc) is 3.00. The Morgan fingerprint density at radius 2 is 1.73 bits per heavy atom. The standard InChI is InChI=1S/C28H38N2O3/c1-21-9-14-27(17-22(21)2)33-20-28(32)18-29(23(3)31)15-16-30(19-28)26-12-10-25(11-13-26)24-7-5-4-6-8-24/h4-9,14,17,25-26,32H,10-13,15-16,18-20H2,1-3H3/t25?,26?,28-/m0/s1. The van der Waals surface area contributed by atoms with E-state index in [1.54, 1.807) is 11.8 Å². The Hall–Kier alpha value is -2.37. The summed E-state index contributed by atoms with van der Waals surface area (Å²) in [6, 6.07) is 17.3. The number of benzene rings is 2. The third kappa shape index (κ3) is 5.96. The van der Waals surface area contributed by atoms with Gasteiger partial charge in [0, 0.05) is 32.6 Å². The maximum atomic E-state index is 12.2. The van der Waals surface area contributed by atoms with Crippen LogP contribution in [0.3, 0.4) is 0 Å². The molecule has 2 aromatic carbocycles. The summed E-state index contributed by atoms with van der Waals surface area (Å²) < 4.78 is 6.06. The second-order valence-corrected chi connectivity index (χ2v) is 10.1. The summed E-state index contributed by atoms with van der Waals surface area (Å²) in [5.74, 6) is 1.39. The van der Waals surface area contributed by atoms with Gasteiger partial charge in [0.15, 0.2) is 0 Å². The molecule has 1 amide bonds.